The lowest BCUT2D eigenvalue weighted by molar-refractivity contribution is -0.143. The number of aromatic nitrogens is 1. The van der Waals surface area contributed by atoms with Crippen LogP contribution in [0.4, 0.5) is 0 Å². The van der Waals surface area contributed by atoms with E-state index < -0.39 is 12.0 Å². The number of carboxylic acids is 1. The molecular weight excluding hydrogens is 246 g/mol. The van der Waals surface area contributed by atoms with E-state index in [2.05, 4.69) is 4.57 Å². The fourth-order valence-corrected chi connectivity index (χ4v) is 2.61. The first-order valence-electron chi connectivity index (χ1n) is 6.35. The van der Waals surface area contributed by atoms with Crippen LogP contribution in [0.25, 0.3) is 0 Å². The van der Waals surface area contributed by atoms with Crippen molar-refractivity contribution in [2.45, 2.75) is 38.9 Å². The summed E-state index contributed by atoms with van der Waals surface area (Å²) in [4.78, 5) is 24.5. The molecule has 2 rings (SSSR count). The third-order valence-electron chi connectivity index (χ3n) is 3.69. The topological polar surface area (TPSA) is 88.6 Å². The van der Waals surface area contributed by atoms with Gasteiger partial charge in [-0.1, -0.05) is 0 Å². The number of aliphatic carboxylic acids is 1. The zero-order valence-electron chi connectivity index (χ0n) is 11.2. The summed E-state index contributed by atoms with van der Waals surface area (Å²) in [5, 5.41) is 8.70. The fourth-order valence-electron chi connectivity index (χ4n) is 2.61. The average molecular weight is 265 g/mol. The number of carbonyl (C=O) groups is 2. The van der Waals surface area contributed by atoms with Crippen molar-refractivity contribution in [1.82, 2.24) is 9.47 Å². The molecule has 2 heterocycles. The minimum absolute atomic E-state index is 0.0743. The van der Waals surface area contributed by atoms with Crippen LogP contribution in [0.2, 0.25) is 0 Å². The Hall–Kier alpha value is -1.82. The Bertz CT molecular complexity index is 509. The van der Waals surface area contributed by atoms with Crippen LogP contribution in [0.15, 0.2) is 12.1 Å². The first-order valence-corrected chi connectivity index (χ1v) is 6.35. The number of amides is 1. The standard InChI is InChI=1S/C13H19N3O3/c1-8-3-4-11-9(2)16(6-5-15(8)11)13(19)10(14)7-12(17)18/h3-4,9-10H,5-7,14H2,1-2H3,(H,17,18). The number of carboxylic acid groups (broad SMARTS) is 1. The highest BCUT2D eigenvalue weighted by molar-refractivity contribution is 5.86. The number of nitrogens with zero attached hydrogens (tertiary/aromatic N) is 2. The summed E-state index contributed by atoms with van der Waals surface area (Å²) < 4.78 is 2.18. The minimum Gasteiger partial charge on any atom is -0.481 e. The number of hydrogen-bond acceptors (Lipinski definition) is 3. The number of carbonyl (C=O) groups excluding carboxylic acids is 1. The minimum atomic E-state index is -1.05. The van der Waals surface area contributed by atoms with Crippen molar-refractivity contribution in [3.63, 3.8) is 0 Å². The van der Waals surface area contributed by atoms with E-state index in [0.717, 1.165) is 12.2 Å². The van der Waals surface area contributed by atoms with E-state index in [4.69, 9.17) is 10.8 Å². The number of fused-ring (bicyclic) bond motifs is 1. The summed E-state index contributed by atoms with van der Waals surface area (Å²) in [5.41, 5.74) is 7.90. The molecule has 0 bridgehead atoms. The monoisotopic (exact) mass is 265 g/mol. The average Bonchev–Trinajstić information content (AvgIpc) is 2.71. The van der Waals surface area contributed by atoms with Crippen molar-refractivity contribution in [2.75, 3.05) is 6.54 Å². The van der Waals surface area contributed by atoms with Gasteiger partial charge in [-0.05, 0) is 26.0 Å². The molecule has 0 fully saturated rings. The SMILES string of the molecule is Cc1ccc2n1CCN(C(=O)C(N)CC(=O)O)C2C. The molecule has 1 aromatic heterocycles. The molecule has 1 aliphatic heterocycles. The summed E-state index contributed by atoms with van der Waals surface area (Å²) >= 11 is 0. The maximum Gasteiger partial charge on any atom is 0.305 e. The van der Waals surface area contributed by atoms with Gasteiger partial charge >= 0.3 is 5.97 Å². The largest absolute Gasteiger partial charge is 0.481 e. The number of rotatable bonds is 3. The second-order valence-corrected chi connectivity index (χ2v) is 4.96. The second kappa shape index (κ2) is 5.05. The third kappa shape index (κ3) is 2.49. The molecule has 6 heteroatoms. The highest BCUT2D eigenvalue weighted by Crippen LogP contribution is 2.27. The van der Waals surface area contributed by atoms with Crippen LogP contribution >= 0.6 is 0 Å². The lowest BCUT2D eigenvalue weighted by Crippen LogP contribution is -2.49. The lowest BCUT2D eigenvalue weighted by atomic mass is 10.1. The maximum absolute atomic E-state index is 12.2. The molecule has 0 aliphatic carbocycles. The van der Waals surface area contributed by atoms with Gasteiger partial charge in [0.05, 0.1) is 18.5 Å². The number of aryl methyl sites for hydroxylation is 1. The predicted octanol–water partition coefficient (Wildman–Crippen LogP) is 0.502. The van der Waals surface area contributed by atoms with Gasteiger partial charge in [-0.15, -0.1) is 0 Å². The Labute approximate surface area is 111 Å². The molecule has 6 nitrogen and oxygen atoms in total. The molecule has 1 amide bonds. The van der Waals surface area contributed by atoms with E-state index in [1.54, 1.807) is 4.90 Å². The smallest absolute Gasteiger partial charge is 0.305 e. The van der Waals surface area contributed by atoms with Gasteiger partial charge in [0.25, 0.3) is 0 Å². The van der Waals surface area contributed by atoms with E-state index in [1.807, 2.05) is 26.0 Å². The third-order valence-corrected chi connectivity index (χ3v) is 3.69. The molecule has 0 aromatic carbocycles. The van der Waals surface area contributed by atoms with Gasteiger partial charge in [-0.3, -0.25) is 9.59 Å². The lowest BCUT2D eigenvalue weighted by Gasteiger charge is -2.36. The molecule has 2 unspecified atom stereocenters. The number of hydrogen-bond donors (Lipinski definition) is 2. The predicted molar refractivity (Wildman–Crippen MR) is 69.5 cm³/mol. The van der Waals surface area contributed by atoms with Gasteiger partial charge in [0.15, 0.2) is 0 Å². The van der Waals surface area contributed by atoms with E-state index in [1.165, 1.54) is 5.69 Å². The zero-order chi connectivity index (χ0) is 14.2. The summed E-state index contributed by atoms with van der Waals surface area (Å²) in [6, 6.07) is 2.98. The van der Waals surface area contributed by atoms with Crippen molar-refractivity contribution in [2.24, 2.45) is 5.73 Å². The van der Waals surface area contributed by atoms with Crippen LogP contribution in [0, 0.1) is 6.92 Å². The van der Waals surface area contributed by atoms with Crippen LogP contribution in [-0.2, 0) is 16.1 Å². The highest BCUT2D eigenvalue weighted by atomic mass is 16.4. The van der Waals surface area contributed by atoms with Gasteiger partial charge < -0.3 is 20.3 Å². The first kappa shape index (κ1) is 13.6. The van der Waals surface area contributed by atoms with Gasteiger partial charge in [0, 0.05) is 24.5 Å². The Morgan fingerprint density at radius 2 is 2.16 bits per heavy atom. The van der Waals surface area contributed by atoms with E-state index >= 15 is 0 Å². The molecule has 0 saturated carbocycles. The molecule has 104 valence electrons. The van der Waals surface area contributed by atoms with Crippen molar-refractivity contribution in [3.8, 4) is 0 Å². The Morgan fingerprint density at radius 3 is 2.79 bits per heavy atom. The fraction of sp³-hybridized carbons (Fsp3) is 0.538. The first-order chi connectivity index (χ1) is 8.91. The van der Waals surface area contributed by atoms with Gasteiger partial charge in [0.1, 0.15) is 0 Å². The molecule has 0 saturated heterocycles. The van der Waals surface area contributed by atoms with Crippen molar-refractivity contribution < 1.29 is 14.7 Å². The van der Waals surface area contributed by atoms with E-state index in [0.29, 0.717) is 6.54 Å². The van der Waals surface area contributed by atoms with E-state index in [9.17, 15) is 9.59 Å². The van der Waals surface area contributed by atoms with Crippen LogP contribution < -0.4 is 5.73 Å². The highest BCUT2D eigenvalue weighted by Gasteiger charge is 2.31. The normalized spacial score (nSPS) is 19.9. The van der Waals surface area contributed by atoms with Gasteiger partial charge in [0.2, 0.25) is 5.91 Å². The molecule has 0 spiro atoms. The number of nitrogens with two attached hydrogens (primary N) is 1. The van der Waals surface area contributed by atoms with Crippen LogP contribution in [-0.4, -0.2) is 39.0 Å². The van der Waals surface area contributed by atoms with Crippen LogP contribution in [0.5, 0.6) is 0 Å². The van der Waals surface area contributed by atoms with Crippen molar-refractivity contribution in [3.05, 3.63) is 23.5 Å². The summed E-state index contributed by atoms with van der Waals surface area (Å²) in [6.07, 6.45) is -0.331. The summed E-state index contributed by atoms with van der Waals surface area (Å²) in [5.74, 6) is -1.34. The van der Waals surface area contributed by atoms with Gasteiger partial charge in [-0.25, -0.2) is 0 Å². The molecule has 2 atom stereocenters. The second-order valence-electron chi connectivity index (χ2n) is 4.96. The molecular formula is C13H19N3O3. The Kier molecular flexibility index (Phi) is 3.61. The van der Waals surface area contributed by atoms with Crippen molar-refractivity contribution in [1.29, 1.82) is 0 Å². The quantitative estimate of drug-likeness (QED) is 0.833. The van der Waals surface area contributed by atoms with E-state index in [-0.39, 0.29) is 18.4 Å². The molecule has 0 radical (unpaired) electrons. The van der Waals surface area contributed by atoms with Crippen molar-refractivity contribution >= 4 is 11.9 Å². The van der Waals surface area contributed by atoms with Crippen LogP contribution in [0.1, 0.15) is 30.8 Å². The van der Waals surface area contributed by atoms with Crippen LogP contribution in [0.3, 0.4) is 0 Å². The Balaban J connectivity index is 2.15. The molecule has 1 aliphatic rings. The molecule has 19 heavy (non-hydrogen) atoms. The molecule has 1 aromatic rings. The summed E-state index contributed by atoms with van der Waals surface area (Å²) in [7, 11) is 0. The maximum atomic E-state index is 12.2. The molecule has 3 N–H and O–H groups in total. The summed E-state index contributed by atoms with van der Waals surface area (Å²) in [6.45, 7) is 5.26. The Morgan fingerprint density at radius 1 is 1.47 bits per heavy atom. The van der Waals surface area contributed by atoms with Gasteiger partial charge in [-0.2, -0.15) is 0 Å². The zero-order valence-corrected chi connectivity index (χ0v) is 11.2.